The molecule has 2 rings (SSSR count). The number of carbonyl (C=O) groups is 2. The molecule has 1 aliphatic heterocycles. The van der Waals surface area contributed by atoms with Crippen molar-refractivity contribution >= 4 is 11.9 Å². The van der Waals surface area contributed by atoms with Crippen LogP contribution in [-0.4, -0.2) is 29.7 Å². The van der Waals surface area contributed by atoms with E-state index in [1.165, 1.54) is 0 Å². The number of morpholine rings is 1. The smallest absolute Gasteiger partial charge is 0.323 e. The van der Waals surface area contributed by atoms with Gasteiger partial charge in [0.2, 0.25) is 0 Å². The topological polar surface area (TPSA) is 75.6 Å². The van der Waals surface area contributed by atoms with Crippen LogP contribution in [0.5, 0.6) is 0 Å². The summed E-state index contributed by atoms with van der Waals surface area (Å²) < 4.78 is 4.99. The molecule has 0 radical (unpaired) electrons. The lowest BCUT2D eigenvalue weighted by atomic mass is 10.0. The fraction of sp³-hybridized carbons (Fsp3) is 0.333. The van der Waals surface area contributed by atoms with Crippen LogP contribution in [0.2, 0.25) is 0 Å². The maximum Gasteiger partial charge on any atom is 0.323 e. The molecule has 1 aromatic carbocycles. The zero-order valence-corrected chi connectivity index (χ0v) is 9.13. The van der Waals surface area contributed by atoms with Gasteiger partial charge in [-0.2, -0.15) is 0 Å². The average molecular weight is 235 g/mol. The summed E-state index contributed by atoms with van der Waals surface area (Å²) in [4.78, 5) is 22.0. The second kappa shape index (κ2) is 4.97. The van der Waals surface area contributed by atoms with Gasteiger partial charge in [-0.3, -0.25) is 14.9 Å². The number of nitrogens with one attached hydrogen (secondary N) is 1. The van der Waals surface area contributed by atoms with Crippen molar-refractivity contribution in [2.24, 2.45) is 0 Å². The average Bonchev–Trinajstić information content (AvgIpc) is 2.32. The predicted octanol–water partition coefficient (Wildman–Crippen LogP) is 0.717. The van der Waals surface area contributed by atoms with Gasteiger partial charge in [-0.25, -0.2) is 0 Å². The number of carbonyl (C=O) groups excluding carboxylic acids is 1. The largest absolute Gasteiger partial charge is 0.481 e. The normalized spacial score (nSPS) is 24.1. The monoisotopic (exact) mass is 235 g/mol. The molecule has 0 amide bonds. The van der Waals surface area contributed by atoms with Crippen molar-refractivity contribution in [3.8, 4) is 0 Å². The molecule has 0 aliphatic carbocycles. The van der Waals surface area contributed by atoms with E-state index in [0.717, 1.165) is 5.56 Å². The van der Waals surface area contributed by atoms with Crippen LogP contribution in [0.4, 0.5) is 0 Å². The Morgan fingerprint density at radius 2 is 2.12 bits per heavy atom. The zero-order chi connectivity index (χ0) is 12.3. The van der Waals surface area contributed by atoms with Crippen molar-refractivity contribution in [3.05, 3.63) is 35.9 Å². The van der Waals surface area contributed by atoms with Crippen molar-refractivity contribution in [2.45, 2.75) is 18.5 Å². The molecule has 2 atom stereocenters. The molecule has 5 nitrogen and oxygen atoms in total. The minimum absolute atomic E-state index is 0.141. The second-order valence-corrected chi connectivity index (χ2v) is 3.91. The zero-order valence-electron chi connectivity index (χ0n) is 9.13. The molecule has 17 heavy (non-hydrogen) atoms. The molecule has 90 valence electrons. The molecular weight excluding hydrogens is 222 g/mol. The van der Waals surface area contributed by atoms with E-state index in [9.17, 15) is 9.59 Å². The summed E-state index contributed by atoms with van der Waals surface area (Å²) in [7, 11) is 0. The minimum Gasteiger partial charge on any atom is -0.481 e. The molecule has 2 unspecified atom stereocenters. The summed E-state index contributed by atoms with van der Waals surface area (Å²) in [6, 6.07) is 8.58. The third kappa shape index (κ3) is 2.82. The predicted molar refractivity (Wildman–Crippen MR) is 59.3 cm³/mol. The Labute approximate surface area is 98.4 Å². The summed E-state index contributed by atoms with van der Waals surface area (Å²) in [6.45, 7) is 0.235. The van der Waals surface area contributed by atoms with E-state index >= 15 is 0 Å². The molecule has 2 N–H and O–H groups in total. The van der Waals surface area contributed by atoms with Gasteiger partial charge >= 0.3 is 11.9 Å². The van der Waals surface area contributed by atoms with Crippen LogP contribution in [0.3, 0.4) is 0 Å². The van der Waals surface area contributed by atoms with Gasteiger partial charge in [0, 0.05) is 0 Å². The van der Waals surface area contributed by atoms with Crippen molar-refractivity contribution in [3.63, 3.8) is 0 Å². The first-order chi connectivity index (χ1) is 8.16. The van der Waals surface area contributed by atoms with Crippen molar-refractivity contribution in [2.75, 3.05) is 6.61 Å². The first-order valence-corrected chi connectivity index (χ1v) is 5.36. The van der Waals surface area contributed by atoms with Gasteiger partial charge in [0.25, 0.3) is 0 Å². The summed E-state index contributed by atoms with van der Waals surface area (Å²) in [5.41, 5.74) is 0.982. The molecule has 0 aromatic heterocycles. The van der Waals surface area contributed by atoms with Gasteiger partial charge in [0.15, 0.2) is 0 Å². The maximum atomic E-state index is 11.4. The highest BCUT2D eigenvalue weighted by atomic mass is 16.5. The van der Waals surface area contributed by atoms with Gasteiger partial charge in [0.1, 0.15) is 12.6 Å². The number of benzene rings is 1. The number of aliphatic carboxylic acids is 1. The standard InChI is InChI=1S/C12H13NO4/c14-11(15)6-9-12(16)17-7-10(13-9)8-4-2-1-3-5-8/h1-5,9-10,13H,6-7H2,(H,14,15). The first kappa shape index (κ1) is 11.6. The summed E-state index contributed by atoms with van der Waals surface area (Å²) in [5, 5.41) is 11.7. The lowest BCUT2D eigenvalue weighted by Gasteiger charge is -2.29. The Morgan fingerprint density at radius 1 is 1.41 bits per heavy atom. The molecule has 1 heterocycles. The second-order valence-electron chi connectivity index (χ2n) is 3.91. The van der Waals surface area contributed by atoms with Gasteiger partial charge < -0.3 is 9.84 Å². The molecule has 1 fully saturated rings. The molecule has 1 saturated heterocycles. The summed E-state index contributed by atoms with van der Waals surface area (Å²) in [5.74, 6) is -1.52. The van der Waals surface area contributed by atoms with E-state index in [1.54, 1.807) is 0 Å². The Hall–Kier alpha value is -1.88. The van der Waals surface area contributed by atoms with E-state index in [-0.39, 0.29) is 19.1 Å². The number of carboxylic acids is 1. The van der Waals surface area contributed by atoms with Crippen LogP contribution in [0.1, 0.15) is 18.0 Å². The van der Waals surface area contributed by atoms with Gasteiger partial charge in [-0.1, -0.05) is 30.3 Å². The lowest BCUT2D eigenvalue weighted by Crippen LogP contribution is -2.48. The molecular formula is C12H13NO4. The Kier molecular flexibility index (Phi) is 3.39. The number of hydrogen-bond acceptors (Lipinski definition) is 4. The van der Waals surface area contributed by atoms with E-state index in [4.69, 9.17) is 9.84 Å². The molecule has 1 aromatic rings. The summed E-state index contributed by atoms with van der Waals surface area (Å²) >= 11 is 0. The van der Waals surface area contributed by atoms with Crippen LogP contribution in [-0.2, 0) is 14.3 Å². The fourth-order valence-corrected chi connectivity index (χ4v) is 1.82. The van der Waals surface area contributed by atoms with Crippen LogP contribution in [0.25, 0.3) is 0 Å². The van der Waals surface area contributed by atoms with Crippen LogP contribution >= 0.6 is 0 Å². The molecule has 0 bridgehead atoms. The fourth-order valence-electron chi connectivity index (χ4n) is 1.82. The third-order valence-electron chi connectivity index (χ3n) is 2.66. The number of ether oxygens (including phenoxy) is 1. The SMILES string of the molecule is O=C(O)CC1NC(c2ccccc2)COC1=O. The van der Waals surface area contributed by atoms with Crippen molar-refractivity contribution in [1.29, 1.82) is 0 Å². The first-order valence-electron chi connectivity index (χ1n) is 5.36. The highest BCUT2D eigenvalue weighted by Crippen LogP contribution is 2.18. The number of rotatable bonds is 3. The van der Waals surface area contributed by atoms with Gasteiger partial charge in [-0.05, 0) is 5.56 Å². The van der Waals surface area contributed by atoms with Crippen molar-refractivity contribution < 1.29 is 19.4 Å². The van der Waals surface area contributed by atoms with E-state index in [1.807, 2.05) is 30.3 Å². The van der Waals surface area contributed by atoms with Crippen molar-refractivity contribution in [1.82, 2.24) is 5.32 Å². The van der Waals surface area contributed by atoms with Crippen LogP contribution in [0, 0.1) is 0 Å². The van der Waals surface area contributed by atoms with Crippen LogP contribution < -0.4 is 5.32 Å². The number of hydrogen-bond donors (Lipinski definition) is 2. The Balaban J connectivity index is 2.07. The van der Waals surface area contributed by atoms with Crippen LogP contribution in [0.15, 0.2) is 30.3 Å². The minimum atomic E-state index is -1.02. The maximum absolute atomic E-state index is 11.4. The Bertz CT molecular complexity index is 418. The Morgan fingerprint density at radius 3 is 2.76 bits per heavy atom. The number of esters is 1. The van der Waals surface area contributed by atoms with Gasteiger partial charge in [0.05, 0.1) is 12.5 Å². The van der Waals surface area contributed by atoms with E-state index in [0.29, 0.717) is 0 Å². The highest BCUT2D eigenvalue weighted by Gasteiger charge is 2.31. The quantitative estimate of drug-likeness (QED) is 0.755. The van der Waals surface area contributed by atoms with Gasteiger partial charge in [-0.15, -0.1) is 0 Å². The molecule has 0 saturated carbocycles. The van der Waals surface area contributed by atoms with E-state index < -0.39 is 18.0 Å². The van der Waals surface area contributed by atoms with E-state index in [2.05, 4.69) is 5.32 Å². The summed E-state index contributed by atoms with van der Waals surface area (Å²) in [6.07, 6.45) is -0.262. The molecule has 0 spiro atoms. The number of carboxylic acid groups (broad SMARTS) is 1. The lowest BCUT2D eigenvalue weighted by molar-refractivity contribution is -0.155. The molecule has 1 aliphatic rings. The molecule has 5 heteroatoms. The third-order valence-corrected chi connectivity index (χ3v) is 2.66. The number of cyclic esters (lactones) is 1. The highest BCUT2D eigenvalue weighted by molar-refractivity contribution is 5.82.